The highest BCUT2D eigenvalue weighted by Gasteiger charge is 2.31. The van der Waals surface area contributed by atoms with Crippen molar-refractivity contribution in [2.75, 3.05) is 0 Å². The minimum atomic E-state index is -4.47. The molecule has 0 aliphatic rings. The van der Waals surface area contributed by atoms with Gasteiger partial charge in [0.15, 0.2) is 0 Å². The molecule has 24 heavy (non-hydrogen) atoms. The molecule has 1 heterocycles. The van der Waals surface area contributed by atoms with E-state index in [0.29, 0.717) is 17.0 Å². The van der Waals surface area contributed by atoms with Crippen molar-refractivity contribution in [1.82, 2.24) is 15.0 Å². The first kappa shape index (κ1) is 16.4. The third-order valence-corrected chi connectivity index (χ3v) is 3.66. The average Bonchev–Trinajstić information content (AvgIpc) is 2.99. The van der Waals surface area contributed by atoms with Gasteiger partial charge in [-0.25, -0.2) is 9.07 Å². The quantitative estimate of drug-likeness (QED) is 0.497. The number of halogens is 5. The van der Waals surface area contributed by atoms with E-state index in [-0.39, 0.29) is 11.6 Å². The van der Waals surface area contributed by atoms with Crippen LogP contribution in [0.4, 0.5) is 17.6 Å². The molecule has 0 N–H and O–H groups in total. The van der Waals surface area contributed by atoms with Crippen LogP contribution in [0.2, 0.25) is 0 Å². The molecule has 3 aromatic rings. The Labute approximate surface area is 139 Å². The third kappa shape index (κ3) is 3.12. The second-order valence-electron chi connectivity index (χ2n) is 4.99. The molecule has 0 unspecified atom stereocenters. The summed E-state index contributed by atoms with van der Waals surface area (Å²) < 4.78 is 53.1. The van der Waals surface area contributed by atoms with Crippen molar-refractivity contribution >= 4 is 11.6 Å². The van der Waals surface area contributed by atoms with Gasteiger partial charge in [-0.3, -0.25) is 0 Å². The number of alkyl halides is 4. The zero-order valence-corrected chi connectivity index (χ0v) is 12.8. The number of hydrogen-bond acceptors (Lipinski definition) is 2. The van der Waals surface area contributed by atoms with Crippen molar-refractivity contribution in [2.24, 2.45) is 0 Å². The van der Waals surface area contributed by atoms with Crippen LogP contribution in [0.5, 0.6) is 0 Å². The Morgan fingerprint density at radius 3 is 2.38 bits per heavy atom. The molecule has 0 aliphatic heterocycles. The average molecular weight is 356 g/mol. The molecule has 3 nitrogen and oxygen atoms in total. The number of benzene rings is 2. The largest absolute Gasteiger partial charge is 0.416 e. The smallest absolute Gasteiger partial charge is 0.213 e. The lowest BCUT2D eigenvalue weighted by molar-refractivity contribution is -0.137. The van der Waals surface area contributed by atoms with Crippen LogP contribution in [-0.2, 0) is 12.1 Å². The van der Waals surface area contributed by atoms with E-state index in [2.05, 4.69) is 10.3 Å². The highest BCUT2D eigenvalue weighted by Crippen LogP contribution is 2.32. The van der Waals surface area contributed by atoms with Crippen LogP contribution >= 0.6 is 11.6 Å². The van der Waals surface area contributed by atoms with E-state index in [1.54, 1.807) is 0 Å². The van der Waals surface area contributed by atoms with Crippen LogP contribution in [-0.4, -0.2) is 15.0 Å². The summed E-state index contributed by atoms with van der Waals surface area (Å²) in [6, 6.07) is 10.2. The van der Waals surface area contributed by atoms with Crippen molar-refractivity contribution in [2.45, 2.75) is 12.1 Å². The molecular formula is C16H10ClF4N3. The molecule has 124 valence electrons. The Bertz CT molecular complexity index is 857. The molecule has 0 amide bonds. The fourth-order valence-electron chi connectivity index (χ4n) is 2.29. The molecule has 0 saturated heterocycles. The molecule has 0 saturated carbocycles. The predicted octanol–water partition coefficient (Wildman–Crippen LogP) is 4.83. The Hall–Kier alpha value is -2.41. The summed E-state index contributed by atoms with van der Waals surface area (Å²) in [5.41, 5.74) is 0.750. The van der Waals surface area contributed by atoms with Gasteiger partial charge in [-0.1, -0.05) is 11.3 Å². The SMILES string of the molecule is Fc1ccc(-c2c(CCl)nnn2-c2cccc(C(F)(F)F)c2)cc1. The molecule has 0 atom stereocenters. The van der Waals surface area contributed by atoms with Crippen LogP contribution in [0.3, 0.4) is 0 Å². The summed E-state index contributed by atoms with van der Waals surface area (Å²) in [4.78, 5) is 0. The number of hydrogen-bond donors (Lipinski definition) is 0. The van der Waals surface area contributed by atoms with Crippen molar-refractivity contribution in [1.29, 1.82) is 0 Å². The second-order valence-corrected chi connectivity index (χ2v) is 5.25. The van der Waals surface area contributed by atoms with Gasteiger partial charge >= 0.3 is 6.18 Å². The van der Waals surface area contributed by atoms with Crippen LogP contribution in [0.1, 0.15) is 11.3 Å². The van der Waals surface area contributed by atoms with Crippen LogP contribution in [0.25, 0.3) is 16.9 Å². The fraction of sp³-hybridized carbons (Fsp3) is 0.125. The summed E-state index contributed by atoms with van der Waals surface area (Å²) in [5, 5.41) is 7.81. The first-order valence-corrected chi connectivity index (χ1v) is 7.37. The molecule has 1 aromatic heterocycles. The maximum absolute atomic E-state index is 13.1. The van der Waals surface area contributed by atoms with Gasteiger partial charge in [0.25, 0.3) is 0 Å². The van der Waals surface area contributed by atoms with E-state index in [4.69, 9.17) is 11.6 Å². The van der Waals surface area contributed by atoms with Gasteiger partial charge in [0.2, 0.25) is 0 Å². The first-order chi connectivity index (χ1) is 11.4. The Morgan fingerprint density at radius 2 is 1.75 bits per heavy atom. The summed E-state index contributed by atoms with van der Waals surface area (Å²) in [5.74, 6) is -0.407. The summed E-state index contributed by atoms with van der Waals surface area (Å²) in [6.45, 7) is 0. The van der Waals surface area contributed by atoms with Gasteiger partial charge in [0.1, 0.15) is 11.5 Å². The van der Waals surface area contributed by atoms with Gasteiger partial charge in [-0.15, -0.1) is 16.7 Å². The van der Waals surface area contributed by atoms with Gasteiger partial charge in [-0.2, -0.15) is 13.2 Å². The van der Waals surface area contributed by atoms with Gasteiger partial charge in [-0.05, 0) is 42.5 Å². The lowest BCUT2D eigenvalue weighted by Gasteiger charge is -2.11. The molecule has 0 bridgehead atoms. The molecular weight excluding hydrogens is 346 g/mol. The maximum atomic E-state index is 13.1. The van der Waals surface area contributed by atoms with E-state index in [1.165, 1.54) is 41.1 Å². The zero-order valence-electron chi connectivity index (χ0n) is 12.1. The molecule has 0 spiro atoms. The molecule has 0 aliphatic carbocycles. The van der Waals surface area contributed by atoms with E-state index in [1.807, 2.05) is 0 Å². The van der Waals surface area contributed by atoms with Crippen LogP contribution in [0.15, 0.2) is 48.5 Å². The highest BCUT2D eigenvalue weighted by molar-refractivity contribution is 6.17. The third-order valence-electron chi connectivity index (χ3n) is 3.40. The second kappa shape index (κ2) is 6.24. The summed E-state index contributed by atoms with van der Waals surface area (Å²) in [7, 11) is 0. The number of nitrogens with zero attached hydrogens (tertiary/aromatic N) is 3. The number of aromatic nitrogens is 3. The van der Waals surface area contributed by atoms with Crippen LogP contribution in [0, 0.1) is 5.82 Å². The van der Waals surface area contributed by atoms with Crippen LogP contribution < -0.4 is 0 Å². The Balaban J connectivity index is 2.16. The first-order valence-electron chi connectivity index (χ1n) is 6.84. The minimum Gasteiger partial charge on any atom is -0.213 e. The van der Waals surface area contributed by atoms with Gasteiger partial charge < -0.3 is 0 Å². The van der Waals surface area contributed by atoms with Gasteiger partial charge in [0.05, 0.1) is 22.8 Å². The van der Waals surface area contributed by atoms with Crippen molar-refractivity contribution in [3.63, 3.8) is 0 Å². The van der Waals surface area contributed by atoms with E-state index >= 15 is 0 Å². The molecule has 8 heteroatoms. The topological polar surface area (TPSA) is 30.7 Å². The van der Waals surface area contributed by atoms with E-state index in [9.17, 15) is 17.6 Å². The normalized spacial score (nSPS) is 11.7. The van der Waals surface area contributed by atoms with E-state index in [0.717, 1.165) is 12.1 Å². The lowest BCUT2D eigenvalue weighted by Crippen LogP contribution is -2.07. The summed E-state index contributed by atoms with van der Waals surface area (Å²) in [6.07, 6.45) is -4.47. The Morgan fingerprint density at radius 1 is 1.04 bits per heavy atom. The Kier molecular flexibility index (Phi) is 4.28. The van der Waals surface area contributed by atoms with Crippen molar-refractivity contribution in [3.05, 3.63) is 65.6 Å². The monoisotopic (exact) mass is 355 g/mol. The predicted molar refractivity (Wildman–Crippen MR) is 81.3 cm³/mol. The fourth-order valence-corrected chi connectivity index (χ4v) is 2.47. The molecule has 2 aromatic carbocycles. The highest BCUT2D eigenvalue weighted by atomic mass is 35.5. The van der Waals surface area contributed by atoms with Crippen molar-refractivity contribution < 1.29 is 17.6 Å². The lowest BCUT2D eigenvalue weighted by atomic mass is 10.1. The minimum absolute atomic E-state index is 0.0195. The molecule has 0 fully saturated rings. The van der Waals surface area contributed by atoms with E-state index < -0.39 is 17.6 Å². The van der Waals surface area contributed by atoms with Gasteiger partial charge in [0, 0.05) is 5.56 Å². The molecule has 0 radical (unpaired) electrons. The summed E-state index contributed by atoms with van der Waals surface area (Å²) >= 11 is 5.85. The van der Waals surface area contributed by atoms with Crippen molar-refractivity contribution in [3.8, 4) is 16.9 Å². The maximum Gasteiger partial charge on any atom is 0.416 e. The molecule has 3 rings (SSSR count). The zero-order chi connectivity index (χ0) is 17.3. The standard InChI is InChI=1S/C16H10ClF4N3/c17-9-14-15(10-4-6-12(18)7-5-10)24(23-22-14)13-3-1-2-11(8-13)16(19,20)21/h1-8H,9H2. The number of rotatable bonds is 3.